The Hall–Kier alpha value is -2.85. The molecule has 3 aromatic rings. The number of benzene rings is 2. The van der Waals surface area contributed by atoms with Gasteiger partial charge in [0.05, 0.1) is 22.6 Å². The lowest BCUT2D eigenvalue weighted by Crippen LogP contribution is -2.31. The minimum Gasteiger partial charge on any atom is -0.353 e. The number of anilines is 3. The van der Waals surface area contributed by atoms with Crippen LogP contribution in [-0.2, 0) is 0 Å². The van der Waals surface area contributed by atoms with Gasteiger partial charge in [0.15, 0.2) is 0 Å². The SMILES string of the molecule is CCN(C(=O)c1ccc(Nc2ccccc2Cl)cn1)c1ccccc1. The van der Waals surface area contributed by atoms with E-state index < -0.39 is 0 Å². The highest BCUT2D eigenvalue weighted by atomic mass is 35.5. The summed E-state index contributed by atoms with van der Waals surface area (Å²) in [6.07, 6.45) is 1.63. The van der Waals surface area contributed by atoms with Crippen LogP contribution in [-0.4, -0.2) is 17.4 Å². The van der Waals surface area contributed by atoms with Gasteiger partial charge < -0.3 is 10.2 Å². The van der Waals surface area contributed by atoms with Gasteiger partial charge in [0.25, 0.3) is 5.91 Å². The Morgan fingerprint density at radius 3 is 2.40 bits per heavy atom. The molecule has 0 saturated heterocycles. The molecule has 0 bridgehead atoms. The molecule has 0 aliphatic rings. The predicted molar refractivity (Wildman–Crippen MR) is 103 cm³/mol. The highest BCUT2D eigenvalue weighted by Crippen LogP contribution is 2.24. The molecule has 1 heterocycles. The van der Waals surface area contributed by atoms with Crippen LogP contribution in [0.15, 0.2) is 72.9 Å². The molecule has 0 spiro atoms. The number of rotatable bonds is 5. The zero-order valence-corrected chi connectivity index (χ0v) is 14.6. The number of carbonyl (C=O) groups is 1. The predicted octanol–water partition coefficient (Wildman–Crippen LogP) is 5.15. The van der Waals surface area contributed by atoms with E-state index in [1.807, 2.05) is 67.6 Å². The topological polar surface area (TPSA) is 45.2 Å². The van der Waals surface area contributed by atoms with E-state index in [-0.39, 0.29) is 5.91 Å². The number of amides is 1. The van der Waals surface area contributed by atoms with Crippen molar-refractivity contribution < 1.29 is 4.79 Å². The number of para-hydroxylation sites is 2. The van der Waals surface area contributed by atoms with Crippen molar-refractivity contribution in [1.82, 2.24) is 4.98 Å². The summed E-state index contributed by atoms with van der Waals surface area (Å²) in [5.41, 5.74) is 2.82. The number of hydrogen-bond donors (Lipinski definition) is 1. The highest BCUT2D eigenvalue weighted by Gasteiger charge is 2.17. The van der Waals surface area contributed by atoms with Gasteiger partial charge in [0.2, 0.25) is 0 Å². The maximum atomic E-state index is 12.7. The van der Waals surface area contributed by atoms with E-state index in [9.17, 15) is 4.79 Å². The maximum Gasteiger partial charge on any atom is 0.276 e. The van der Waals surface area contributed by atoms with E-state index in [1.54, 1.807) is 17.2 Å². The normalized spacial score (nSPS) is 10.3. The summed E-state index contributed by atoms with van der Waals surface area (Å²) >= 11 is 6.14. The van der Waals surface area contributed by atoms with Crippen LogP contribution in [0.2, 0.25) is 5.02 Å². The van der Waals surface area contributed by atoms with Crippen LogP contribution in [0.1, 0.15) is 17.4 Å². The van der Waals surface area contributed by atoms with Crippen LogP contribution in [0.5, 0.6) is 0 Å². The zero-order chi connectivity index (χ0) is 17.6. The number of nitrogens with one attached hydrogen (secondary N) is 1. The lowest BCUT2D eigenvalue weighted by Gasteiger charge is -2.20. The van der Waals surface area contributed by atoms with Gasteiger partial charge >= 0.3 is 0 Å². The number of pyridine rings is 1. The summed E-state index contributed by atoms with van der Waals surface area (Å²) < 4.78 is 0. The van der Waals surface area contributed by atoms with Crippen LogP contribution in [0.4, 0.5) is 17.1 Å². The van der Waals surface area contributed by atoms with Crippen molar-refractivity contribution in [2.24, 2.45) is 0 Å². The minimum absolute atomic E-state index is 0.127. The van der Waals surface area contributed by atoms with Crippen LogP contribution in [0.25, 0.3) is 0 Å². The lowest BCUT2D eigenvalue weighted by molar-refractivity contribution is 0.0983. The summed E-state index contributed by atoms with van der Waals surface area (Å²) in [7, 11) is 0. The molecule has 1 amide bonds. The Labute approximate surface area is 152 Å². The van der Waals surface area contributed by atoms with Crippen molar-refractivity contribution in [2.45, 2.75) is 6.92 Å². The monoisotopic (exact) mass is 351 g/mol. The summed E-state index contributed by atoms with van der Waals surface area (Å²) in [5, 5.41) is 3.82. The number of hydrogen-bond acceptors (Lipinski definition) is 3. The van der Waals surface area contributed by atoms with Crippen molar-refractivity contribution in [2.75, 3.05) is 16.8 Å². The molecule has 1 aromatic heterocycles. The summed E-state index contributed by atoms with van der Waals surface area (Å²) in [6.45, 7) is 2.52. The Morgan fingerprint density at radius 2 is 1.76 bits per heavy atom. The fourth-order valence-electron chi connectivity index (χ4n) is 2.50. The number of carbonyl (C=O) groups excluding carboxylic acids is 1. The largest absolute Gasteiger partial charge is 0.353 e. The second kappa shape index (κ2) is 7.81. The van der Waals surface area contributed by atoms with E-state index in [1.165, 1.54) is 0 Å². The van der Waals surface area contributed by atoms with E-state index in [2.05, 4.69) is 10.3 Å². The summed E-state index contributed by atoms with van der Waals surface area (Å²) in [6, 6.07) is 20.6. The fraction of sp³-hybridized carbons (Fsp3) is 0.100. The molecule has 4 nitrogen and oxygen atoms in total. The molecular weight excluding hydrogens is 334 g/mol. The average molecular weight is 352 g/mol. The summed E-state index contributed by atoms with van der Waals surface area (Å²) in [4.78, 5) is 18.7. The smallest absolute Gasteiger partial charge is 0.276 e. The van der Waals surface area contributed by atoms with Crippen LogP contribution >= 0.6 is 11.6 Å². The summed E-state index contributed by atoms with van der Waals surface area (Å²) in [5.74, 6) is -0.127. The van der Waals surface area contributed by atoms with E-state index in [0.29, 0.717) is 17.3 Å². The molecule has 5 heteroatoms. The molecule has 1 N–H and O–H groups in total. The molecule has 3 rings (SSSR count). The second-order valence-corrected chi connectivity index (χ2v) is 5.83. The van der Waals surface area contributed by atoms with Crippen molar-refractivity contribution in [3.8, 4) is 0 Å². The van der Waals surface area contributed by atoms with Crippen molar-refractivity contribution >= 4 is 34.6 Å². The minimum atomic E-state index is -0.127. The van der Waals surface area contributed by atoms with Gasteiger partial charge in [-0.1, -0.05) is 41.9 Å². The van der Waals surface area contributed by atoms with Crippen molar-refractivity contribution in [3.63, 3.8) is 0 Å². The Morgan fingerprint density at radius 1 is 1.04 bits per heavy atom. The van der Waals surface area contributed by atoms with E-state index in [0.717, 1.165) is 17.1 Å². The first-order valence-electron chi connectivity index (χ1n) is 8.03. The number of nitrogens with zero attached hydrogens (tertiary/aromatic N) is 2. The zero-order valence-electron chi connectivity index (χ0n) is 13.8. The molecule has 0 atom stereocenters. The van der Waals surface area contributed by atoms with Gasteiger partial charge in [-0.25, -0.2) is 4.98 Å². The fourth-order valence-corrected chi connectivity index (χ4v) is 2.69. The quantitative estimate of drug-likeness (QED) is 0.691. The van der Waals surface area contributed by atoms with Gasteiger partial charge in [-0.05, 0) is 43.3 Å². The third kappa shape index (κ3) is 3.98. The molecule has 0 saturated carbocycles. The molecular formula is C20H18ClN3O. The van der Waals surface area contributed by atoms with Crippen molar-refractivity contribution in [1.29, 1.82) is 0 Å². The molecule has 25 heavy (non-hydrogen) atoms. The average Bonchev–Trinajstić information content (AvgIpc) is 2.66. The van der Waals surface area contributed by atoms with Gasteiger partial charge in [-0.2, -0.15) is 0 Å². The van der Waals surface area contributed by atoms with Crippen LogP contribution in [0.3, 0.4) is 0 Å². The van der Waals surface area contributed by atoms with Crippen LogP contribution < -0.4 is 10.2 Å². The Kier molecular flexibility index (Phi) is 5.31. The molecule has 0 aliphatic carbocycles. The maximum absolute atomic E-state index is 12.7. The Bertz CT molecular complexity index is 850. The standard InChI is InChI=1S/C20H18ClN3O/c1-2-24(16-8-4-3-5-9-16)20(25)19-13-12-15(14-22-19)23-18-11-7-6-10-17(18)21/h3-14,23H,2H2,1H3. The molecule has 126 valence electrons. The Balaban J connectivity index is 1.77. The molecule has 2 aromatic carbocycles. The first-order valence-corrected chi connectivity index (χ1v) is 8.41. The van der Waals surface area contributed by atoms with E-state index in [4.69, 9.17) is 11.6 Å². The highest BCUT2D eigenvalue weighted by molar-refractivity contribution is 6.33. The first-order chi connectivity index (χ1) is 12.2. The number of aromatic nitrogens is 1. The van der Waals surface area contributed by atoms with Gasteiger partial charge in [-0.15, -0.1) is 0 Å². The molecule has 0 fully saturated rings. The lowest BCUT2D eigenvalue weighted by atomic mass is 10.2. The first kappa shape index (κ1) is 17.0. The molecule has 0 aliphatic heterocycles. The van der Waals surface area contributed by atoms with E-state index >= 15 is 0 Å². The van der Waals surface area contributed by atoms with Gasteiger partial charge in [0.1, 0.15) is 5.69 Å². The van der Waals surface area contributed by atoms with Gasteiger partial charge in [-0.3, -0.25) is 4.79 Å². The van der Waals surface area contributed by atoms with Crippen LogP contribution in [0, 0.1) is 0 Å². The van der Waals surface area contributed by atoms with Crippen molar-refractivity contribution in [3.05, 3.63) is 83.6 Å². The molecule has 0 unspecified atom stereocenters. The van der Waals surface area contributed by atoms with Gasteiger partial charge in [0, 0.05) is 12.2 Å². The molecule has 0 radical (unpaired) electrons. The second-order valence-electron chi connectivity index (χ2n) is 5.42. The third-order valence-electron chi connectivity index (χ3n) is 3.76. The third-order valence-corrected chi connectivity index (χ3v) is 4.09. The number of halogens is 1.